The standard InChI is InChI=1S/C13H17N3O3S/c1-10(6-7-11-4-3-9-19-11)16-20(17,18)12-5-2-8-15-13(12)14/h2-5,8-10,16H,6-7H2,1H3,(H2,14,15). The second kappa shape index (κ2) is 6.06. The van der Waals surface area contributed by atoms with Gasteiger partial charge in [-0.05, 0) is 37.6 Å². The fraction of sp³-hybridized carbons (Fsp3) is 0.308. The number of nitrogens with one attached hydrogen (secondary N) is 1. The molecule has 0 amide bonds. The first kappa shape index (κ1) is 14.5. The summed E-state index contributed by atoms with van der Waals surface area (Å²) in [5, 5.41) is 0. The molecule has 20 heavy (non-hydrogen) atoms. The number of hydrogen-bond acceptors (Lipinski definition) is 5. The van der Waals surface area contributed by atoms with Crippen LogP contribution in [0.1, 0.15) is 19.1 Å². The van der Waals surface area contributed by atoms with Crippen molar-refractivity contribution < 1.29 is 12.8 Å². The van der Waals surface area contributed by atoms with Crippen LogP contribution in [0, 0.1) is 0 Å². The lowest BCUT2D eigenvalue weighted by atomic mass is 10.2. The van der Waals surface area contributed by atoms with Crippen molar-refractivity contribution in [3.8, 4) is 0 Å². The highest BCUT2D eigenvalue weighted by molar-refractivity contribution is 7.89. The molecule has 0 spiro atoms. The molecule has 0 aromatic carbocycles. The van der Waals surface area contributed by atoms with Crippen LogP contribution in [0.4, 0.5) is 5.82 Å². The van der Waals surface area contributed by atoms with Gasteiger partial charge in [-0.25, -0.2) is 18.1 Å². The molecule has 2 aromatic rings. The molecule has 108 valence electrons. The van der Waals surface area contributed by atoms with Gasteiger partial charge in [-0.15, -0.1) is 0 Å². The molecule has 2 heterocycles. The summed E-state index contributed by atoms with van der Waals surface area (Å²) in [5.41, 5.74) is 5.59. The first-order chi connectivity index (χ1) is 9.49. The Morgan fingerprint density at radius 1 is 1.40 bits per heavy atom. The molecule has 0 saturated heterocycles. The Morgan fingerprint density at radius 2 is 2.20 bits per heavy atom. The van der Waals surface area contributed by atoms with E-state index in [9.17, 15) is 8.42 Å². The fourth-order valence-electron chi connectivity index (χ4n) is 1.83. The monoisotopic (exact) mass is 295 g/mol. The Morgan fingerprint density at radius 3 is 2.85 bits per heavy atom. The molecule has 0 radical (unpaired) electrons. The van der Waals surface area contributed by atoms with Crippen molar-refractivity contribution in [3.05, 3.63) is 42.5 Å². The lowest BCUT2D eigenvalue weighted by Crippen LogP contribution is -2.33. The number of rotatable bonds is 6. The lowest BCUT2D eigenvalue weighted by Gasteiger charge is -2.14. The molecule has 0 bridgehead atoms. The van der Waals surface area contributed by atoms with Gasteiger partial charge in [0.15, 0.2) is 0 Å². The van der Waals surface area contributed by atoms with Crippen LogP contribution in [0.3, 0.4) is 0 Å². The SMILES string of the molecule is CC(CCc1ccco1)NS(=O)(=O)c1cccnc1N. The zero-order chi connectivity index (χ0) is 14.6. The maximum Gasteiger partial charge on any atom is 0.244 e. The Labute approximate surface area is 118 Å². The van der Waals surface area contributed by atoms with Gasteiger partial charge in [-0.3, -0.25) is 0 Å². The van der Waals surface area contributed by atoms with Crippen LogP contribution in [0.25, 0.3) is 0 Å². The number of pyridine rings is 1. The summed E-state index contributed by atoms with van der Waals surface area (Å²) in [5.74, 6) is 0.829. The van der Waals surface area contributed by atoms with Gasteiger partial charge in [0, 0.05) is 18.7 Å². The Hall–Kier alpha value is -1.86. The maximum absolute atomic E-state index is 12.2. The van der Waals surface area contributed by atoms with Crippen LogP contribution in [0.2, 0.25) is 0 Å². The predicted molar refractivity (Wildman–Crippen MR) is 75.5 cm³/mol. The van der Waals surface area contributed by atoms with Crippen molar-refractivity contribution in [1.82, 2.24) is 9.71 Å². The minimum Gasteiger partial charge on any atom is -0.469 e. The first-order valence-corrected chi connectivity index (χ1v) is 7.72. The molecule has 1 unspecified atom stereocenters. The molecular formula is C13H17N3O3S. The van der Waals surface area contributed by atoms with Gasteiger partial charge < -0.3 is 10.2 Å². The van der Waals surface area contributed by atoms with Crippen molar-refractivity contribution in [2.75, 3.05) is 5.73 Å². The van der Waals surface area contributed by atoms with Gasteiger partial charge in [0.25, 0.3) is 0 Å². The van der Waals surface area contributed by atoms with Crippen molar-refractivity contribution >= 4 is 15.8 Å². The van der Waals surface area contributed by atoms with E-state index in [4.69, 9.17) is 10.2 Å². The number of aryl methyl sites for hydroxylation is 1. The Kier molecular flexibility index (Phi) is 4.41. The van der Waals surface area contributed by atoms with E-state index in [1.807, 2.05) is 6.07 Å². The molecule has 0 fully saturated rings. The predicted octanol–water partition coefficient (Wildman–Crippen LogP) is 1.56. The van der Waals surface area contributed by atoms with Gasteiger partial charge >= 0.3 is 0 Å². The fourth-order valence-corrected chi connectivity index (χ4v) is 3.19. The van der Waals surface area contributed by atoms with E-state index in [0.29, 0.717) is 12.8 Å². The topological polar surface area (TPSA) is 98.2 Å². The number of anilines is 1. The molecule has 0 aliphatic carbocycles. The summed E-state index contributed by atoms with van der Waals surface area (Å²) in [6.45, 7) is 1.80. The smallest absolute Gasteiger partial charge is 0.244 e. The van der Waals surface area contributed by atoms with Gasteiger partial charge in [0.1, 0.15) is 16.5 Å². The summed E-state index contributed by atoms with van der Waals surface area (Å²) >= 11 is 0. The second-order valence-electron chi connectivity index (χ2n) is 4.53. The summed E-state index contributed by atoms with van der Waals surface area (Å²) in [7, 11) is -3.65. The highest BCUT2D eigenvalue weighted by atomic mass is 32.2. The van der Waals surface area contributed by atoms with E-state index in [1.165, 1.54) is 12.3 Å². The summed E-state index contributed by atoms with van der Waals surface area (Å²) in [4.78, 5) is 3.79. The maximum atomic E-state index is 12.2. The van der Waals surface area contributed by atoms with Crippen molar-refractivity contribution in [3.63, 3.8) is 0 Å². The molecular weight excluding hydrogens is 278 g/mol. The molecule has 0 aliphatic heterocycles. The van der Waals surface area contributed by atoms with Crippen LogP contribution in [0.5, 0.6) is 0 Å². The van der Waals surface area contributed by atoms with Crippen LogP contribution >= 0.6 is 0 Å². The van der Waals surface area contributed by atoms with Gasteiger partial charge in [-0.1, -0.05) is 0 Å². The number of hydrogen-bond donors (Lipinski definition) is 2. The summed E-state index contributed by atoms with van der Waals surface area (Å²) in [6, 6.07) is 6.41. The molecule has 0 saturated carbocycles. The first-order valence-electron chi connectivity index (χ1n) is 6.24. The van der Waals surface area contributed by atoms with E-state index >= 15 is 0 Å². The van der Waals surface area contributed by atoms with E-state index in [1.54, 1.807) is 25.3 Å². The normalized spacial score (nSPS) is 13.2. The molecule has 1 atom stereocenters. The highest BCUT2D eigenvalue weighted by Gasteiger charge is 2.20. The van der Waals surface area contributed by atoms with E-state index < -0.39 is 10.0 Å². The number of nitrogens with zero attached hydrogens (tertiary/aromatic N) is 1. The van der Waals surface area contributed by atoms with Crippen molar-refractivity contribution in [2.24, 2.45) is 0 Å². The average molecular weight is 295 g/mol. The number of nitrogen functional groups attached to an aromatic ring is 1. The second-order valence-corrected chi connectivity index (χ2v) is 6.21. The van der Waals surface area contributed by atoms with Crippen molar-refractivity contribution in [1.29, 1.82) is 0 Å². The number of nitrogens with two attached hydrogens (primary N) is 1. The third-order valence-electron chi connectivity index (χ3n) is 2.85. The number of sulfonamides is 1. The Balaban J connectivity index is 1.99. The summed E-state index contributed by atoms with van der Waals surface area (Å²) in [6.07, 6.45) is 4.35. The minimum atomic E-state index is -3.65. The third-order valence-corrected chi connectivity index (χ3v) is 4.49. The highest BCUT2D eigenvalue weighted by Crippen LogP contribution is 2.15. The quantitative estimate of drug-likeness (QED) is 0.842. The zero-order valence-electron chi connectivity index (χ0n) is 11.1. The minimum absolute atomic E-state index is 0.00163. The third kappa shape index (κ3) is 3.58. The number of furan rings is 1. The largest absolute Gasteiger partial charge is 0.469 e. The number of aromatic nitrogens is 1. The van der Waals surface area contributed by atoms with E-state index in [-0.39, 0.29) is 16.8 Å². The van der Waals surface area contributed by atoms with Gasteiger partial charge in [-0.2, -0.15) is 0 Å². The van der Waals surface area contributed by atoms with E-state index in [2.05, 4.69) is 9.71 Å². The molecule has 3 N–H and O–H groups in total. The molecule has 2 aromatic heterocycles. The molecule has 7 heteroatoms. The van der Waals surface area contributed by atoms with E-state index in [0.717, 1.165) is 5.76 Å². The summed E-state index contributed by atoms with van der Waals surface area (Å²) < 4.78 is 32.1. The molecule has 0 aliphatic rings. The molecule has 2 rings (SSSR count). The van der Waals surface area contributed by atoms with Gasteiger partial charge in [0.05, 0.1) is 6.26 Å². The van der Waals surface area contributed by atoms with Crippen LogP contribution in [0.15, 0.2) is 46.0 Å². The van der Waals surface area contributed by atoms with Crippen LogP contribution in [-0.4, -0.2) is 19.4 Å². The average Bonchev–Trinajstić information content (AvgIpc) is 2.89. The molecule has 6 nitrogen and oxygen atoms in total. The lowest BCUT2D eigenvalue weighted by molar-refractivity contribution is 0.480. The van der Waals surface area contributed by atoms with Crippen LogP contribution in [-0.2, 0) is 16.4 Å². The van der Waals surface area contributed by atoms with Gasteiger partial charge in [0.2, 0.25) is 10.0 Å². The Bertz CT molecular complexity index is 653. The van der Waals surface area contributed by atoms with Crippen molar-refractivity contribution in [2.45, 2.75) is 30.7 Å². The van der Waals surface area contributed by atoms with Crippen LogP contribution < -0.4 is 10.5 Å². The zero-order valence-corrected chi connectivity index (χ0v) is 11.9.